The van der Waals surface area contributed by atoms with Gasteiger partial charge in [-0.3, -0.25) is 10.00 Å². The van der Waals surface area contributed by atoms with E-state index in [4.69, 9.17) is 4.74 Å². The Morgan fingerprint density at radius 3 is 2.74 bits per heavy atom. The first-order valence-electron chi connectivity index (χ1n) is 9.06. The molecule has 0 saturated heterocycles. The number of amides is 1. The van der Waals surface area contributed by atoms with Crippen molar-refractivity contribution in [3.63, 3.8) is 0 Å². The Hall–Kier alpha value is -2.20. The number of carbonyl (C=O) groups excluding carboxylic acids is 1. The lowest BCUT2D eigenvalue weighted by atomic mass is 9.92. The number of nitrogens with one attached hydrogen (secondary N) is 2. The number of hydrogen-bond donors (Lipinski definition) is 2. The van der Waals surface area contributed by atoms with Gasteiger partial charge < -0.3 is 4.74 Å². The second-order valence-corrected chi connectivity index (χ2v) is 8.48. The fourth-order valence-electron chi connectivity index (χ4n) is 3.50. The molecule has 1 aliphatic rings. The van der Waals surface area contributed by atoms with Crippen LogP contribution < -0.4 is 10.0 Å². The molecule has 0 unspecified atom stereocenters. The molecule has 1 aliphatic carbocycles. The third kappa shape index (κ3) is 4.38. The number of aryl methyl sites for hydroxylation is 3. The number of sulfonamides is 1. The van der Waals surface area contributed by atoms with Crippen LogP contribution >= 0.6 is 0 Å². The van der Waals surface area contributed by atoms with Crippen molar-refractivity contribution in [2.45, 2.75) is 39.0 Å². The molecule has 148 valence electrons. The maximum absolute atomic E-state index is 11.9. The molecule has 0 bridgehead atoms. The molecule has 3 rings (SSSR count). The van der Waals surface area contributed by atoms with Gasteiger partial charge in [0.25, 0.3) is 0 Å². The van der Waals surface area contributed by atoms with E-state index in [0.29, 0.717) is 17.8 Å². The summed E-state index contributed by atoms with van der Waals surface area (Å²) in [6.45, 7) is 2.29. The van der Waals surface area contributed by atoms with Gasteiger partial charge in [0.05, 0.1) is 12.9 Å². The lowest BCUT2D eigenvalue weighted by molar-refractivity contribution is 0.168. The Bertz CT molecular complexity index is 968. The molecule has 2 aromatic heterocycles. The Labute approximate surface area is 158 Å². The molecule has 0 spiro atoms. The van der Waals surface area contributed by atoms with E-state index in [1.165, 1.54) is 0 Å². The summed E-state index contributed by atoms with van der Waals surface area (Å²) in [6, 6.07) is 0. The van der Waals surface area contributed by atoms with Crippen molar-refractivity contribution in [1.82, 2.24) is 19.5 Å². The standard InChI is InChI=1S/C17H25N5O4S/c1-4-26-17(23)20-16-15-14(11-7-5-6-8-12(11)19-16)13(22(2)21-15)9-10-18-27(3,24)25/h18H,4-10H2,1-3H3,(H,19,20,23). The molecule has 0 fully saturated rings. The van der Waals surface area contributed by atoms with Crippen molar-refractivity contribution >= 4 is 32.8 Å². The van der Waals surface area contributed by atoms with E-state index in [1.807, 2.05) is 7.05 Å². The highest BCUT2D eigenvalue weighted by Crippen LogP contribution is 2.33. The van der Waals surface area contributed by atoms with Gasteiger partial charge in [-0.2, -0.15) is 5.10 Å². The zero-order valence-corrected chi connectivity index (χ0v) is 16.6. The molecule has 0 radical (unpaired) electrons. The number of carbonyl (C=O) groups is 1. The fourth-order valence-corrected chi connectivity index (χ4v) is 3.98. The monoisotopic (exact) mass is 395 g/mol. The largest absolute Gasteiger partial charge is 0.450 e. The first-order chi connectivity index (χ1) is 12.8. The molecule has 27 heavy (non-hydrogen) atoms. The van der Waals surface area contributed by atoms with Crippen LogP contribution in [-0.4, -0.2) is 48.7 Å². The average Bonchev–Trinajstić information content (AvgIpc) is 2.91. The van der Waals surface area contributed by atoms with Crippen LogP contribution in [0.3, 0.4) is 0 Å². The lowest BCUT2D eigenvalue weighted by Crippen LogP contribution is -2.25. The van der Waals surface area contributed by atoms with Crippen LogP contribution in [0.25, 0.3) is 10.9 Å². The van der Waals surface area contributed by atoms with Crippen LogP contribution in [0.5, 0.6) is 0 Å². The van der Waals surface area contributed by atoms with Crippen molar-refractivity contribution in [2.75, 3.05) is 24.7 Å². The van der Waals surface area contributed by atoms with Crippen LogP contribution in [0.2, 0.25) is 0 Å². The first-order valence-corrected chi connectivity index (χ1v) is 10.9. The van der Waals surface area contributed by atoms with Crippen LogP contribution in [0.15, 0.2) is 0 Å². The van der Waals surface area contributed by atoms with Crippen LogP contribution in [0.4, 0.5) is 10.6 Å². The summed E-state index contributed by atoms with van der Waals surface area (Å²) in [7, 11) is -1.44. The second kappa shape index (κ2) is 7.81. The van der Waals surface area contributed by atoms with Crippen LogP contribution in [0.1, 0.15) is 36.7 Å². The summed E-state index contributed by atoms with van der Waals surface area (Å²) in [5.74, 6) is 0.391. The van der Waals surface area contributed by atoms with E-state index in [-0.39, 0.29) is 13.2 Å². The third-order valence-corrected chi connectivity index (χ3v) is 5.33. The van der Waals surface area contributed by atoms with Crippen molar-refractivity contribution in [1.29, 1.82) is 0 Å². The summed E-state index contributed by atoms with van der Waals surface area (Å²) in [5, 5.41) is 8.22. The van der Waals surface area contributed by atoms with Gasteiger partial charge in [0.1, 0.15) is 5.52 Å². The molecule has 10 heteroatoms. The zero-order chi connectivity index (χ0) is 19.6. The van der Waals surface area contributed by atoms with Gasteiger partial charge in [-0.05, 0) is 38.2 Å². The number of pyridine rings is 1. The SMILES string of the molecule is CCOC(=O)Nc1nc2c(c3c(CCNS(C)(=O)=O)n(C)nc13)CCCC2. The number of fused-ring (bicyclic) bond motifs is 3. The maximum atomic E-state index is 11.9. The van der Waals surface area contributed by atoms with E-state index >= 15 is 0 Å². The number of ether oxygens (including phenoxy) is 1. The smallest absolute Gasteiger partial charge is 0.412 e. The topological polar surface area (TPSA) is 115 Å². The summed E-state index contributed by atoms with van der Waals surface area (Å²) < 4.78 is 32.0. The van der Waals surface area contributed by atoms with E-state index in [9.17, 15) is 13.2 Å². The van der Waals surface area contributed by atoms with Crippen molar-refractivity contribution in [3.05, 3.63) is 17.0 Å². The number of anilines is 1. The maximum Gasteiger partial charge on any atom is 0.412 e. The molecule has 0 atom stereocenters. The molecular formula is C17H25N5O4S. The highest BCUT2D eigenvalue weighted by atomic mass is 32.2. The highest BCUT2D eigenvalue weighted by molar-refractivity contribution is 7.88. The second-order valence-electron chi connectivity index (χ2n) is 6.65. The molecule has 2 aromatic rings. The molecule has 0 aromatic carbocycles. The van der Waals surface area contributed by atoms with Gasteiger partial charge in [0.15, 0.2) is 5.82 Å². The Kier molecular flexibility index (Phi) is 5.66. The third-order valence-electron chi connectivity index (χ3n) is 4.60. The van der Waals surface area contributed by atoms with Crippen molar-refractivity contribution in [3.8, 4) is 0 Å². The fraction of sp³-hybridized carbons (Fsp3) is 0.588. The number of nitrogens with zero attached hydrogens (tertiary/aromatic N) is 3. The van der Waals surface area contributed by atoms with Gasteiger partial charge in [-0.15, -0.1) is 0 Å². The predicted octanol–water partition coefficient (Wildman–Crippen LogP) is 1.51. The summed E-state index contributed by atoms with van der Waals surface area (Å²) in [4.78, 5) is 16.6. The van der Waals surface area contributed by atoms with E-state index < -0.39 is 16.1 Å². The minimum absolute atomic E-state index is 0.268. The molecule has 1 amide bonds. The Morgan fingerprint density at radius 2 is 2.04 bits per heavy atom. The van der Waals surface area contributed by atoms with Gasteiger partial charge in [-0.1, -0.05) is 0 Å². The minimum atomic E-state index is -3.26. The van der Waals surface area contributed by atoms with Crippen LogP contribution in [-0.2, 0) is 41.1 Å². The average molecular weight is 395 g/mol. The lowest BCUT2D eigenvalue weighted by Gasteiger charge is -2.18. The summed E-state index contributed by atoms with van der Waals surface area (Å²) in [5.41, 5.74) is 3.65. The quantitative estimate of drug-likeness (QED) is 0.766. The zero-order valence-electron chi connectivity index (χ0n) is 15.8. The molecule has 2 N–H and O–H groups in total. The molecule has 0 aliphatic heterocycles. The molecule has 0 saturated carbocycles. The van der Waals surface area contributed by atoms with Gasteiger partial charge in [0, 0.05) is 36.8 Å². The Balaban J connectivity index is 2.05. The van der Waals surface area contributed by atoms with E-state index in [0.717, 1.165) is 54.3 Å². The molecule has 9 nitrogen and oxygen atoms in total. The first kappa shape index (κ1) is 19.6. The number of aromatic nitrogens is 3. The van der Waals surface area contributed by atoms with Gasteiger partial charge in [0.2, 0.25) is 10.0 Å². The number of hydrogen-bond acceptors (Lipinski definition) is 6. The number of rotatable bonds is 6. The summed E-state index contributed by atoms with van der Waals surface area (Å²) in [6.07, 6.45) is 4.94. The van der Waals surface area contributed by atoms with Crippen LogP contribution in [0, 0.1) is 0 Å². The van der Waals surface area contributed by atoms with Gasteiger partial charge in [-0.25, -0.2) is 22.9 Å². The minimum Gasteiger partial charge on any atom is -0.450 e. The summed E-state index contributed by atoms with van der Waals surface area (Å²) >= 11 is 0. The molecular weight excluding hydrogens is 370 g/mol. The van der Waals surface area contributed by atoms with Gasteiger partial charge >= 0.3 is 6.09 Å². The van der Waals surface area contributed by atoms with Crippen molar-refractivity contribution in [2.24, 2.45) is 7.05 Å². The Morgan fingerprint density at radius 1 is 1.30 bits per heavy atom. The van der Waals surface area contributed by atoms with E-state index in [1.54, 1.807) is 11.6 Å². The predicted molar refractivity (Wildman–Crippen MR) is 102 cm³/mol. The normalized spacial score (nSPS) is 14.2. The molecule has 2 heterocycles. The van der Waals surface area contributed by atoms with E-state index in [2.05, 4.69) is 20.1 Å². The highest BCUT2D eigenvalue weighted by Gasteiger charge is 2.24. The van der Waals surface area contributed by atoms with Crippen molar-refractivity contribution < 1.29 is 17.9 Å².